The number of phenolic OH excluding ortho intramolecular Hbond substituents is 2. The van der Waals surface area contributed by atoms with Gasteiger partial charge in [-0.1, -0.05) is 36.4 Å². The van der Waals surface area contributed by atoms with Gasteiger partial charge in [0.05, 0.1) is 0 Å². The topological polar surface area (TPSA) is 40.5 Å². The maximum Gasteiger partial charge on any atom is 0.123 e. The van der Waals surface area contributed by atoms with Gasteiger partial charge in [0.15, 0.2) is 0 Å². The Labute approximate surface area is 269 Å². The van der Waals surface area contributed by atoms with Gasteiger partial charge in [-0.25, -0.2) is 0 Å². The molecule has 0 unspecified atom stereocenters. The van der Waals surface area contributed by atoms with Crippen molar-refractivity contribution in [2.75, 3.05) is 0 Å². The summed E-state index contributed by atoms with van der Waals surface area (Å²) in [5.74, 6) is 0.939. The average Bonchev–Trinajstić information content (AvgIpc) is 3.08. The second-order valence-corrected chi connectivity index (χ2v) is 14.4. The Kier molecular flexibility index (Phi) is 7.94. The number of aryl methyl sites for hydroxylation is 6. The van der Waals surface area contributed by atoms with E-state index in [2.05, 4.69) is 36.4 Å². The summed E-state index contributed by atoms with van der Waals surface area (Å²) in [4.78, 5) is 0. The van der Waals surface area contributed by atoms with E-state index in [1.54, 1.807) is 0 Å². The van der Waals surface area contributed by atoms with E-state index in [0.717, 1.165) is 81.8 Å². The van der Waals surface area contributed by atoms with Gasteiger partial charge in [-0.3, -0.25) is 0 Å². The predicted octanol–water partition coefficient (Wildman–Crippen LogP) is 10.1. The van der Waals surface area contributed by atoms with Crippen molar-refractivity contribution in [1.82, 2.24) is 0 Å². The Morgan fingerprint density at radius 3 is 1.04 bits per heavy atom. The highest BCUT2D eigenvalue weighted by Crippen LogP contribution is 2.46. The zero-order valence-corrected chi connectivity index (χ0v) is 26.9. The standard InChI is InChI=1S/C43H48O2/c44-38-26-24-30-12-3-7-18-36(30)42(38)40-32(22-20-28-10-1-5-16-34(28)40)14-9-15-33-23-21-29-11-2-6-17-35(29)41(33)43-37-19-8-4-13-31(37)25-27-39(43)45/h20-27,44-45H,1-19H2. The molecule has 2 heteroatoms. The summed E-state index contributed by atoms with van der Waals surface area (Å²) < 4.78 is 0. The quantitative estimate of drug-likeness (QED) is 0.232. The van der Waals surface area contributed by atoms with Crippen molar-refractivity contribution >= 4 is 0 Å². The molecule has 0 aromatic heterocycles. The van der Waals surface area contributed by atoms with E-state index in [1.807, 2.05) is 12.1 Å². The van der Waals surface area contributed by atoms with Crippen LogP contribution in [0.2, 0.25) is 0 Å². The molecule has 232 valence electrons. The van der Waals surface area contributed by atoms with Gasteiger partial charge in [-0.05, 0) is 201 Å². The minimum Gasteiger partial charge on any atom is -0.507 e. The molecular formula is C43H48O2. The predicted molar refractivity (Wildman–Crippen MR) is 186 cm³/mol. The molecule has 4 aliphatic carbocycles. The molecule has 0 aliphatic heterocycles. The van der Waals surface area contributed by atoms with E-state index in [0.29, 0.717) is 11.5 Å². The van der Waals surface area contributed by atoms with Crippen LogP contribution in [-0.4, -0.2) is 10.2 Å². The maximum atomic E-state index is 11.4. The van der Waals surface area contributed by atoms with E-state index in [-0.39, 0.29) is 0 Å². The molecule has 2 nitrogen and oxygen atoms in total. The van der Waals surface area contributed by atoms with Crippen LogP contribution in [0.4, 0.5) is 0 Å². The van der Waals surface area contributed by atoms with Crippen LogP contribution in [0.5, 0.6) is 11.5 Å². The average molecular weight is 597 g/mol. The van der Waals surface area contributed by atoms with Crippen molar-refractivity contribution in [3.05, 3.63) is 104 Å². The van der Waals surface area contributed by atoms with E-state index >= 15 is 0 Å². The molecule has 0 spiro atoms. The zero-order valence-electron chi connectivity index (χ0n) is 26.9. The molecule has 4 aromatic carbocycles. The fraction of sp³-hybridized carbons (Fsp3) is 0.442. The summed E-state index contributed by atoms with van der Waals surface area (Å²) in [7, 11) is 0. The molecule has 0 fully saturated rings. The monoisotopic (exact) mass is 596 g/mol. The third-order valence-corrected chi connectivity index (χ3v) is 11.7. The fourth-order valence-electron chi connectivity index (χ4n) is 9.45. The van der Waals surface area contributed by atoms with Crippen LogP contribution in [0, 0.1) is 0 Å². The number of aromatic hydroxyl groups is 2. The molecule has 4 aromatic rings. The molecule has 0 atom stereocenters. The van der Waals surface area contributed by atoms with Gasteiger partial charge >= 0.3 is 0 Å². The number of phenols is 2. The Morgan fingerprint density at radius 1 is 0.356 bits per heavy atom. The molecule has 0 heterocycles. The third kappa shape index (κ3) is 5.29. The van der Waals surface area contributed by atoms with Gasteiger partial charge < -0.3 is 10.2 Å². The van der Waals surface area contributed by atoms with Gasteiger partial charge in [-0.2, -0.15) is 0 Å². The first kappa shape index (κ1) is 28.9. The summed E-state index contributed by atoms with van der Waals surface area (Å²) in [6, 6.07) is 17.9. The Hall–Kier alpha value is -3.52. The first-order valence-electron chi connectivity index (χ1n) is 18.1. The third-order valence-electron chi connectivity index (χ3n) is 11.7. The molecule has 45 heavy (non-hydrogen) atoms. The molecule has 8 rings (SSSR count). The zero-order chi connectivity index (χ0) is 30.3. The molecule has 0 saturated carbocycles. The highest BCUT2D eigenvalue weighted by Gasteiger charge is 2.27. The van der Waals surface area contributed by atoms with E-state index in [9.17, 15) is 10.2 Å². The number of hydrogen-bond donors (Lipinski definition) is 2. The molecular weight excluding hydrogens is 548 g/mol. The largest absolute Gasteiger partial charge is 0.507 e. The lowest BCUT2D eigenvalue weighted by Crippen LogP contribution is -2.11. The van der Waals surface area contributed by atoms with Crippen LogP contribution in [0.15, 0.2) is 48.5 Å². The van der Waals surface area contributed by atoms with E-state index in [1.165, 1.54) is 118 Å². The van der Waals surface area contributed by atoms with Crippen molar-refractivity contribution < 1.29 is 10.2 Å². The number of fused-ring (bicyclic) bond motifs is 4. The van der Waals surface area contributed by atoms with Crippen LogP contribution in [-0.2, 0) is 64.2 Å². The number of rotatable bonds is 6. The van der Waals surface area contributed by atoms with Crippen molar-refractivity contribution in [1.29, 1.82) is 0 Å². The lowest BCUT2D eigenvalue weighted by atomic mass is 9.77. The van der Waals surface area contributed by atoms with Crippen LogP contribution < -0.4 is 0 Å². The minimum atomic E-state index is 0.470. The lowest BCUT2D eigenvalue weighted by molar-refractivity contribution is 0.474. The molecule has 0 saturated heterocycles. The van der Waals surface area contributed by atoms with Crippen molar-refractivity contribution in [2.45, 2.75) is 122 Å². The maximum absolute atomic E-state index is 11.4. The molecule has 4 aliphatic rings. The molecule has 0 radical (unpaired) electrons. The molecule has 0 bridgehead atoms. The molecule has 0 amide bonds. The first-order valence-corrected chi connectivity index (χ1v) is 18.1. The number of benzene rings is 4. The fourth-order valence-corrected chi connectivity index (χ4v) is 9.45. The first-order chi connectivity index (χ1) is 22.2. The highest BCUT2D eigenvalue weighted by molar-refractivity contribution is 5.83. The second kappa shape index (κ2) is 12.3. The highest BCUT2D eigenvalue weighted by atomic mass is 16.3. The van der Waals surface area contributed by atoms with Gasteiger partial charge in [0, 0.05) is 11.1 Å². The van der Waals surface area contributed by atoms with Gasteiger partial charge in [0.25, 0.3) is 0 Å². The van der Waals surface area contributed by atoms with Crippen LogP contribution >= 0.6 is 0 Å². The van der Waals surface area contributed by atoms with Crippen LogP contribution in [0.25, 0.3) is 22.3 Å². The smallest absolute Gasteiger partial charge is 0.123 e. The summed E-state index contributed by atoms with van der Waals surface area (Å²) in [5.41, 5.74) is 19.5. The summed E-state index contributed by atoms with van der Waals surface area (Å²) >= 11 is 0. The van der Waals surface area contributed by atoms with Crippen molar-refractivity contribution in [3.63, 3.8) is 0 Å². The second-order valence-electron chi connectivity index (χ2n) is 14.4. The van der Waals surface area contributed by atoms with Crippen molar-refractivity contribution in [2.24, 2.45) is 0 Å². The van der Waals surface area contributed by atoms with Gasteiger partial charge in [0.1, 0.15) is 11.5 Å². The summed E-state index contributed by atoms with van der Waals surface area (Å²) in [6.07, 6.45) is 22.0. The van der Waals surface area contributed by atoms with Gasteiger partial charge in [-0.15, -0.1) is 0 Å². The SMILES string of the molecule is Oc1ccc2c(c1-c1c(CCCc3ccc4c(c3-c3c(O)ccc5c3CCCC5)CCCC4)ccc3c1CCCC3)CCCC2. The van der Waals surface area contributed by atoms with E-state index < -0.39 is 0 Å². The summed E-state index contributed by atoms with van der Waals surface area (Å²) in [6.45, 7) is 0. The normalized spacial score (nSPS) is 17.2. The Bertz CT molecular complexity index is 1630. The molecule has 2 N–H and O–H groups in total. The van der Waals surface area contributed by atoms with E-state index in [4.69, 9.17) is 0 Å². The lowest BCUT2D eigenvalue weighted by Gasteiger charge is -2.28. The Balaban J connectivity index is 1.18. The minimum absolute atomic E-state index is 0.470. The van der Waals surface area contributed by atoms with Gasteiger partial charge in [0.2, 0.25) is 0 Å². The Morgan fingerprint density at radius 2 is 0.667 bits per heavy atom. The number of hydrogen-bond acceptors (Lipinski definition) is 2. The van der Waals surface area contributed by atoms with Crippen molar-refractivity contribution in [3.8, 4) is 33.8 Å². The summed E-state index contributed by atoms with van der Waals surface area (Å²) in [5, 5.41) is 22.8. The van der Waals surface area contributed by atoms with Crippen LogP contribution in [0.1, 0.15) is 113 Å². The van der Waals surface area contributed by atoms with Crippen LogP contribution in [0.3, 0.4) is 0 Å².